The molecule has 0 rings (SSSR count). The van der Waals surface area contributed by atoms with Crippen LogP contribution in [0, 0.1) is 6.58 Å². The van der Waals surface area contributed by atoms with Crippen molar-refractivity contribution < 1.29 is 22.8 Å². The fraction of sp³-hybridized carbons (Fsp3) is 0. The van der Waals surface area contributed by atoms with Crippen molar-refractivity contribution in [1.82, 2.24) is 0 Å². The Kier molecular flexibility index (Phi) is 64.4. The van der Waals surface area contributed by atoms with E-state index in [0.29, 0.717) is 0 Å². The summed E-state index contributed by atoms with van der Waals surface area (Å²) in [6.45, 7) is 7.00. The molecular weight excluding hydrogens is 115 g/mol. The van der Waals surface area contributed by atoms with E-state index < -0.39 is 14.7 Å². The van der Waals surface area contributed by atoms with Crippen LogP contribution in [0.2, 0.25) is 0 Å². The first-order valence-electron chi connectivity index (χ1n) is 0.679. The second-order valence-electron chi connectivity index (χ2n) is 0.0577. The molecule has 0 heterocycles. The van der Waals surface area contributed by atoms with Gasteiger partial charge in [0.2, 0.25) is 0 Å². The molecule has 0 fully saturated rings. The number of hydrogen-bond acceptors (Lipinski definition) is 1. The Balaban J connectivity index is 0. The Labute approximate surface area is 36.8 Å². The third kappa shape index (κ3) is 376000. The van der Waals surface area contributed by atoms with Gasteiger partial charge in [-0.25, -0.2) is 0 Å². The van der Waals surface area contributed by atoms with Crippen LogP contribution in [0.4, 0.5) is 0 Å². The van der Waals surface area contributed by atoms with E-state index >= 15 is 0 Å². The molecule has 0 aliphatic carbocycles. The van der Waals surface area contributed by atoms with Gasteiger partial charge in [-0.2, -0.15) is 0 Å². The van der Waals surface area contributed by atoms with Gasteiger partial charge in [0.15, 0.2) is 0 Å². The zero-order valence-corrected chi connectivity index (χ0v) is 3.44. The SMILES string of the molecule is [CH-]=C.[O]=[Ni][OH]. The van der Waals surface area contributed by atoms with Crippen molar-refractivity contribution in [3.8, 4) is 0 Å². The molecule has 0 aromatic carbocycles. The summed E-state index contributed by atoms with van der Waals surface area (Å²) in [4.78, 5) is 0. The van der Waals surface area contributed by atoms with E-state index in [1.54, 1.807) is 0 Å². The van der Waals surface area contributed by atoms with Gasteiger partial charge in [0.1, 0.15) is 0 Å². The maximum absolute atomic E-state index is 8.42. The van der Waals surface area contributed by atoms with Crippen LogP contribution in [0.15, 0.2) is 6.58 Å². The average Bonchev–Trinajstić information content (AvgIpc) is 1.46. The number of rotatable bonds is 0. The summed E-state index contributed by atoms with van der Waals surface area (Å²) in [5, 5.41) is 0. The first kappa shape index (κ1) is 8.89. The van der Waals surface area contributed by atoms with Crippen LogP contribution < -0.4 is 0 Å². The molecule has 0 saturated heterocycles. The van der Waals surface area contributed by atoms with E-state index in [2.05, 4.69) is 13.2 Å². The van der Waals surface area contributed by atoms with Crippen LogP contribution in [0.5, 0.6) is 0 Å². The first-order valence-corrected chi connectivity index (χ1v) is 1.52. The van der Waals surface area contributed by atoms with Crippen LogP contribution in [-0.2, 0) is 18.6 Å². The maximum atomic E-state index is 8.42. The average molecular weight is 119 g/mol. The van der Waals surface area contributed by atoms with E-state index in [1.807, 2.05) is 0 Å². The van der Waals surface area contributed by atoms with Crippen molar-refractivity contribution in [2.24, 2.45) is 0 Å². The normalized spacial score (nSPS) is 5.00. The van der Waals surface area contributed by atoms with Gasteiger partial charge < -0.3 is 6.58 Å². The van der Waals surface area contributed by atoms with Gasteiger partial charge >= 0.3 is 22.8 Å². The molecule has 0 atom stereocenters. The summed E-state index contributed by atoms with van der Waals surface area (Å²) < 4.78 is 15.4. The molecule has 0 saturated carbocycles. The summed E-state index contributed by atoms with van der Waals surface area (Å²) in [6, 6.07) is 0. The van der Waals surface area contributed by atoms with Crippen molar-refractivity contribution in [2.45, 2.75) is 0 Å². The van der Waals surface area contributed by atoms with Crippen LogP contribution in [-0.4, -0.2) is 4.25 Å². The molecule has 35 valence electrons. The molecule has 0 bridgehead atoms. The van der Waals surface area contributed by atoms with E-state index in [4.69, 9.17) is 8.15 Å². The predicted molar refractivity (Wildman–Crippen MR) is 12.8 cm³/mol. The Bertz CT molecular complexity index is 21.6. The van der Waals surface area contributed by atoms with Gasteiger partial charge in [-0.3, -0.25) is 6.58 Å². The van der Waals surface area contributed by atoms with Crippen molar-refractivity contribution in [2.75, 3.05) is 0 Å². The Morgan fingerprint density at radius 2 is 1.80 bits per heavy atom. The van der Waals surface area contributed by atoms with Crippen LogP contribution in [0.3, 0.4) is 0 Å². The van der Waals surface area contributed by atoms with E-state index in [0.717, 1.165) is 0 Å². The molecule has 0 unspecified atom stereocenters. The third-order valence-corrected chi connectivity index (χ3v) is 0. The summed E-state index contributed by atoms with van der Waals surface area (Å²) in [7, 11) is 0. The van der Waals surface area contributed by atoms with E-state index in [1.165, 1.54) is 0 Å². The Hall–Kier alpha value is -0.00649. The molecule has 2 nitrogen and oxygen atoms in total. The monoisotopic (exact) mass is 118 g/mol. The Morgan fingerprint density at radius 1 is 1.80 bits per heavy atom. The molecule has 0 aliphatic heterocycles. The Morgan fingerprint density at radius 3 is 1.80 bits per heavy atom. The molecule has 0 aromatic rings. The first-order chi connectivity index (χ1) is 2.41. The van der Waals surface area contributed by atoms with Crippen LogP contribution in [0.25, 0.3) is 0 Å². The van der Waals surface area contributed by atoms with Crippen molar-refractivity contribution in [1.29, 1.82) is 0 Å². The fourth-order valence-corrected chi connectivity index (χ4v) is 0. The molecule has 0 amide bonds. The van der Waals surface area contributed by atoms with E-state index in [-0.39, 0.29) is 0 Å². The molecule has 0 aromatic heterocycles. The van der Waals surface area contributed by atoms with Gasteiger partial charge in [0.25, 0.3) is 0 Å². The van der Waals surface area contributed by atoms with Gasteiger partial charge in [-0.15, -0.1) is 0 Å². The van der Waals surface area contributed by atoms with Crippen molar-refractivity contribution in [3.63, 3.8) is 0 Å². The second kappa shape index (κ2) is 36.3. The van der Waals surface area contributed by atoms with Crippen molar-refractivity contribution in [3.05, 3.63) is 13.2 Å². The standard InChI is InChI=1S/C2H3.Ni.H2O.O/c1-2;;;/h1H,2H2;;1H2;/q-1;+1;;/p-1. The second-order valence-corrected chi connectivity index (χ2v) is 0.238. The molecule has 5 heavy (non-hydrogen) atoms. The van der Waals surface area contributed by atoms with Crippen molar-refractivity contribution >= 4 is 0 Å². The van der Waals surface area contributed by atoms with Gasteiger partial charge in [-0.05, 0) is 0 Å². The summed E-state index contributed by atoms with van der Waals surface area (Å²) in [6.07, 6.45) is 0. The topological polar surface area (TPSA) is 37.3 Å². The molecule has 1 N–H and O–H groups in total. The van der Waals surface area contributed by atoms with Crippen LogP contribution >= 0.6 is 0 Å². The van der Waals surface area contributed by atoms with Gasteiger partial charge in [0.05, 0.1) is 0 Å². The van der Waals surface area contributed by atoms with Gasteiger partial charge in [-0.1, -0.05) is 0 Å². The quantitative estimate of drug-likeness (QED) is 0.357. The molecule has 3 heteroatoms. The van der Waals surface area contributed by atoms with Crippen LogP contribution in [0.1, 0.15) is 0 Å². The molecule has 0 aliphatic rings. The summed E-state index contributed by atoms with van der Waals surface area (Å²) in [5.74, 6) is 0. The molecule has 0 spiro atoms. The third-order valence-electron chi connectivity index (χ3n) is 0. The summed E-state index contributed by atoms with van der Waals surface area (Å²) >= 11 is -0.625. The fourth-order valence-electron chi connectivity index (χ4n) is 0. The molecule has 0 radical (unpaired) electrons. The minimum absolute atomic E-state index is 0.625. The van der Waals surface area contributed by atoms with Gasteiger partial charge in [0, 0.05) is 0 Å². The summed E-state index contributed by atoms with van der Waals surface area (Å²) in [5.41, 5.74) is 0. The zero-order chi connectivity index (χ0) is 4.71. The minimum atomic E-state index is -0.625. The number of hydrogen-bond donors (Lipinski definition) is 1. The predicted octanol–water partition coefficient (Wildman–Crippen LogP) is -0.0729. The zero-order valence-electron chi connectivity index (χ0n) is 2.46. The van der Waals surface area contributed by atoms with E-state index in [9.17, 15) is 0 Å². The molecular formula is C2H4NiO2-.